The van der Waals surface area contributed by atoms with Gasteiger partial charge in [-0.3, -0.25) is 24.4 Å². The molecule has 3 atom stereocenters. The number of aliphatic hydroxyl groups excluding tert-OH is 1. The van der Waals surface area contributed by atoms with Crippen LogP contribution in [0.15, 0.2) is 58.6 Å². The highest BCUT2D eigenvalue weighted by Gasteiger charge is 2.28. The van der Waals surface area contributed by atoms with Gasteiger partial charge in [0.1, 0.15) is 0 Å². The summed E-state index contributed by atoms with van der Waals surface area (Å²) in [5, 5.41) is 9.91. The summed E-state index contributed by atoms with van der Waals surface area (Å²) in [7, 11) is 0. The lowest BCUT2D eigenvalue weighted by atomic mass is 9.78. The number of Topliss-reactive ketones (excluding diaryl/α,β-unsaturated/α-hetero) is 1. The van der Waals surface area contributed by atoms with E-state index < -0.39 is 6.10 Å². The Morgan fingerprint density at radius 3 is 1.71 bits per heavy atom. The van der Waals surface area contributed by atoms with E-state index in [1.54, 1.807) is 6.92 Å². The lowest BCUT2D eigenvalue weighted by Crippen LogP contribution is -2.26. The molecule has 42 heavy (non-hydrogen) atoms. The van der Waals surface area contributed by atoms with Crippen molar-refractivity contribution in [3.63, 3.8) is 0 Å². The minimum Gasteiger partial charge on any atom is -0.388 e. The van der Waals surface area contributed by atoms with Crippen molar-refractivity contribution in [2.45, 2.75) is 84.2 Å². The molecule has 2 aliphatic rings. The summed E-state index contributed by atoms with van der Waals surface area (Å²) < 4.78 is 0. The SMILES string of the molecule is CC(=O)c1c2c(c(C)[nH]c1=O)CC(c1ccncc1)CC2.Cc1[nH]c(=O)c(C(C)O)c2c1CC(c1ccncc1)CC2. The number of H-pyrrole nitrogens is 2. The minimum absolute atomic E-state index is 0.144. The number of aromatic nitrogens is 4. The predicted octanol–water partition coefficient (Wildman–Crippen LogP) is 4.96. The molecule has 8 nitrogen and oxygen atoms in total. The molecule has 0 amide bonds. The van der Waals surface area contributed by atoms with E-state index >= 15 is 0 Å². The van der Waals surface area contributed by atoms with Crippen LogP contribution in [-0.4, -0.2) is 30.8 Å². The minimum atomic E-state index is -0.722. The van der Waals surface area contributed by atoms with Gasteiger partial charge in [0.15, 0.2) is 5.78 Å². The number of aryl methyl sites for hydroxylation is 2. The molecule has 2 aliphatic carbocycles. The van der Waals surface area contributed by atoms with Crippen LogP contribution in [0.4, 0.5) is 0 Å². The summed E-state index contributed by atoms with van der Waals surface area (Å²) in [6.07, 6.45) is 11.9. The maximum Gasteiger partial charge on any atom is 0.259 e. The standard InChI is InChI=1S/C17H20N2O2.C17H18N2O2/c2*1-10-15-9-13(12-5-7-18-8-6-12)3-4-14(15)16(11(2)20)17(21)19-10/h5-8,11,13,20H,3-4,9H2,1-2H3,(H,19,21);5-8,13H,3-4,9H2,1-2H3,(H,19,21). The Balaban J connectivity index is 0.000000168. The molecular formula is C34H38N4O4. The van der Waals surface area contributed by atoms with Crippen molar-refractivity contribution in [1.29, 1.82) is 0 Å². The fraction of sp³-hybridized carbons (Fsp3) is 0.382. The molecule has 218 valence electrons. The maximum absolute atomic E-state index is 12.1. The Hall–Kier alpha value is -4.17. The third-order valence-corrected chi connectivity index (χ3v) is 8.85. The van der Waals surface area contributed by atoms with Gasteiger partial charge < -0.3 is 15.1 Å². The first-order valence-corrected chi connectivity index (χ1v) is 14.6. The molecule has 4 aromatic heterocycles. The zero-order valence-corrected chi connectivity index (χ0v) is 24.7. The van der Waals surface area contributed by atoms with E-state index in [9.17, 15) is 19.5 Å². The lowest BCUT2D eigenvalue weighted by molar-refractivity contribution is 0.101. The van der Waals surface area contributed by atoms with Gasteiger partial charge in [-0.2, -0.15) is 0 Å². The molecule has 3 unspecified atom stereocenters. The predicted molar refractivity (Wildman–Crippen MR) is 162 cm³/mol. The zero-order chi connectivity index (χ0) is 30.0. The van der Waals surface area contributed by atoms with E-state index in [0.29, 0.717) is 23.0 Å². The highest BCUT2D eigenvalue weighted by atomic mass is 16.3. The molecule has 0 saturated heterocycles. The van der Waals surface area contributed by atoms with Crippen LogP contribution in [0.25, 0.3) is 0 Å². The molecule has 0 spiro atoms. The summed E-state index contributed by atoms with van der Waals surface area (Å²) >= 11 is 0. The van der Waals surface area contributed by atoms with Crippen LogP contribution >= 0.6 is 0 Å². The average Bonchev–Trinajstić information content (AvgIpc) is 2.98. The van der Waals surface area contributed by atoms with Crippen molar-refractivity contribution in [1.82, 2.24) is 19.9 Å². The van der Waals surface area contributed by atoms with Gasteiger partial charge in [-0.1, -0.05) is 0 Å². The number of carbonyl (C=O) groups excluding carboxylic acids is 1. The number of nitrogens with zero attached hydrogens (tertiary/aromatic N) is 2. The second-order valence-corrected chi connectivity index (χ2v) is 11.5. The van der Waals surface area contributed by atoms with Crippen molar-refractivity contribution in [2.75, 3.05) is 0 Å². The van der Waals surface area contributed by atoms with Crippen LogP contribution < -0.4 is 11.1 Å². The van der Waals surface area contributed by atoms with Gasteiger partial charge in [0.25, 0.3) is 11.1 Å². The summed E-state index contributed by atoms with van der Waals surface area (Å²) in [6, 6.07) is 8.21. The highest BCUT2D eigenvalue weighted by molar-refractivity contribution is 5.95. The van der Waals surface area contributed by atoms with Crippen molar-refractivity contribution in [3.8, 4) is 0 Å². The topological polar surface area (TPSA) is 129 Å². The fourth-order valence-corrected chi connectivity index (χ4v) is 6.76. The normalized spacial score (nSPS) is 18.2. The number of aliphatic hydroxyl groups is 1. The first-order chi connectivity index (χ1) is 20.2. The van der Waals surface area contributed by atoms with Crippen LogP contribution in [0.3, 0.4) is 0 Å². The second kappa shape index (κ2) is 12.4. The van der Waals surface area contributed by atoms with E-state index in [-0.39, 0.29) is 16.9 Å². The monoisotopic (exact) mass is 566 g/mol. The zero-order valence-electron chi connectivity index (χ0n) is 24.7. The van der Waals surface area contributed by atoms with Crippen LogP contribution in [0.5, 0.6) is 0 Å². The van der Waals surface area contributed by atoms with Gasteiger partial charge in [0, 0.05) is 41.7 Å². The molecule has 6 rings (SSSR count). The van der Waals surface area contributed by atoms with E-state index in [4.69, 9.17) is 0 Å². The highest BCUT2D eigenvalue weighted by Crippen LogP contribution is 2.36. The molecule has 0 aromatic carbocycles. The molecule has 0 fully saturated rings. The molecule has 4 aromatic rings. The number of aromatic amines is 2. The Kier molecular flexibility index (Phi) is 8.64. The van der Waals surface area contributed by atoms with Crippen LogP contribution in [0.1, 0.15) is 105 Å². The molecule has 3 N–H and O–H groups in total. The largest absolute Gasteiger partial charge is 0.388 e. The number of carbonyl (C=O) groups is 1. The molecule has 4 heterocycles. The molecule has 0 saturated carbocycles. The van der Waals surface area contributed by atoms with E-state index in [0.717, 1.165) is 66.6 Å². The fourth-order valence-electron chi connectivity index (χ4n) is 6.76. The van der Waals surface area contributed by atoms with Crippen molar-refractivity contribution in [2.24, 2.45) is 0 Å². The van der Waals surface area contributed by atoms with Crippen molar-refractivity contribution >= 4 is 5.78 Å². The Morgan fingerprint density at radius 1 is 0.786 bits per heavy atom. The second-order valence-electron chi connectivity index (χ2n) is 11.5. The third-order valence-electron chi connectivity index (χ3n) is 8.85. The first kappa shape index (κ1) is 29.3. The smallest absolute Gasteiger partial charge is 0.259 e. The number of rotatable bonds is 4. The molecular weight excluding hydrogens is 528 g/mol. The number of hydrogen-bond acceptors (Lipinski definition) is 6. The van der Waals surface area contributed by atoms with Crippen molar-refractivity contribution < 1.29 is 9.90 Å². The van der Waals surface area contributed by atoms with E-state index in [1.165, 1.54) is 23.6 Å². The third kappa shape index (κ3) is 5.90. The van der Waals surface area contributed by atoms with E-state index in [1.807, 2.05) is 50.8 Å². The summed E-state index contributed by atoms with van der Waals surface area (Å²) in [5.41, 5.74) is 9.21. The van der Waals surface area contributed by atoms with E-state index in [2.05, 4.69) is 32.1 Å². The Morgan fingerprint density at radius 2 is 1.24 bits per heavy atom. The summed E-state index contributed by atoms with van der Waals surface area (Å²) in [5.74, 6) is 0.728. The van der Waals surface area contributed by atoms with Crippen LogP contribution in [0, 0.1) is 13.8 Å². The number of ketones is 1. The molecule has 0 bridgehead atoms. The van der Waals surface area contributed by atoms with Gasteiger partial charge >= 0.3 is 0 Å². The van der Waals surface area contributed by atoms with Gasteiger partial charge in [-0.25, -0.2) is 0 Å². The summed E-state index contributed by atoms with van der Waals surface area (Å²) in [4.78, 5) is 49.7. The average molecular weight is 567 g/mol. The van der Waals surface area contributed by atoms with Gasteiger partial charge in [0.05, 0.1) is 11.7 Å². The number of pyridine rings is 4. The Bertz CT molecular complexity index is 1710. The molecule has 0 radical (unpaired) electrons. The maximum atomic E-state index is 12.1. The van der Waals surface area contributed by atoms with Crippen LogP contribution in [-0.2, 0) is 25.7 Å². The van der Waals surface area contributed by atoms with Gasteiger partial charge in [0.2, 0.25) is 0 Å². The quantitative estimate of drug-likeness (QED) is 0.300. The molecule has 8 heteroatoms. The Labute approximate surface area is 245 Å². The number of hydrogen-bond donors (Lipinski definition) is 3. The van der Waals surface area contributed by atoms with Crippen molar-refractivity contribution in [3.05, 3.63) is 126 Å². The van der Waals surface area contributed by atoms with Gasteiger partial charge in [-0.05, 0) is 136 Å². The first-order valence-electron chi connectivity index (χ1n) is 14.6. The lowest BCUT2D eigenvalue weighted by Gasteiger charge is -2.28. The number of fused-ring (bicyclic) bond motifs is 2. The summed E-state index contributed by atoms with van der Waals surface area (Å²) in [6.45, 7) is 6.99. The molecule has 0 aliphatic heterocycles. The number of nitrogens with one attached hydrogen (secondary N) is 2. The van der Waals surface area contributed by atoms with Crippen LogP contribution in [0.2, 0.25) is 0 Å². The van der Waals surface area contributed by atoms with Gasteiger partial charge in [-0.15, -0.1) is 0 Å².